The van der Waals surface area contributed by atoms with Crippen molar-refractivity contribution >= 4 is 185 Å². The summed E-state index contributed by atoms with van der Waals surface area (Å²) >= 11 is 0. The molecule has 18 aromatic carbocycles. The average Bonchev–Trinajstić information content (AvgIpc) is 1.68. The van der Waals surface area contributed by atoms with Gasteiger partial charge in [-0.25, -0.2) is 24.9 Å². The summed E-state index contributed by atoms with van der Waals surface area (Å²) in [5.74, 6) is 5.20. The summed E-state index contributed by atoms with van der Waals surface area (Å²) in [6.07, 6.45) is 0. The van der Waals surface area contributed by atoms with Crippen molar-refractivity contribution in [2.45, 2.75) is 0 Å². The number of para-hydroxylation sites is 12. The van der Waals surface area contributed by atoms with Crippen LogP contribution in [0.1, 0.15) is 0 Å². The standard InChI is InChI=1S/C121H79N13Si2/c1-6-34-87(35-7-1)135(88-36-8-2-9-37-88,89-38-10-3-11-39-89)92-67-61-80(62-68-92)84-75-115(128-104-52-23-18-47-97(104)98-48-19-24-53-105(98)128)125-116(76-84)134-112-59-30-27-56-109(112)130-107-72-66-82(73-101(107)124-121(130)134)83-65-71-100-114(74-83)131-110-57-28-31-60-113(110)133(120(131)123-100)118-78-85(77-117(126-118)132-111-58-29-26-55-108(111)129-106-54-25-20-49-99(106)122-119(129)132)81-63-69-93(70-64-81)136(90-40-12-4-13-41-90,91-42-14-5-15-43-91)94-44-32-33-86(79-94)127-102-50-21-16-45-95(102)96-46-17-22-51-103(96)127/h1-79H. The number of rotatable bonds is 16. The van der Waals surface area contributed by atoms with Crippen LogP contribution >= 0.6 is 0 Å². The smallest absolute Gasteiger partial charge is 0.221 e. The van der Waals surface area contributed by atoms with Crippen molar-refractivity contribution in [3.63, 3.8) is 0 Å². The van der Waals surface area contributed by atoms with E-state index in [1.165, 1.54) is 63.3 Å². The van der Waals surface area contributed by atoms with E-state index >= 15 is 0 Å². The lowest BCUT2D eigenvalue weighted by Crippen LogP contribution is -2.74. The number of benzene rings is 18. The quantitative estimate of drug-likeness (QED) is 0.0708. The molecular formula is C121H79N13Si2. The Bertz CT molecular complexity index is 9450. The maximum atomic E-state index is 5.88. The van der Waals surface area contributed by atoms with Crippen molar-refractivity contribution in [2.24, 2.45) is 0 Å². The minimum atomic E-state index is -3.15. The van der Waals surface area contributed by atoms with E-state index in [4.69, 9.17) is 24.9 Å². The molecular weight excluding hydrogens is 1690 g/mol. The first-order chi connectivity index (χ1) is 67.4. The molecule has 0 atom stereocenters. The second-order valence-electron chi connectivity index (χ2n) is 35.5. The third-order valence-corrected chi connectivity index (χ3v) is 38.0. The molecule has 0 spiro atoms. The number of nitrogens with zero attached hydrogens (tertiary/aromatic N) is 13. The molecule has 28 aromatic rings. The largest absolute Gasteiger partial charge is 0.309 e. The number of hydrogen-bond acceptors (Lipinski definition) is 5. The monoisotopic (exact) mass is 1770 g/mol. The third-order valence-electron chi connectivity index (χ3n) is 28.4. The summed E-state index contributed by atoms with van der Waals surface area (Å²) in [5.41, 5.74) is 23.3. The van der Waals surface area contributed by atoms with Crippen LogP contribution in [-0.4, -0.2) is 77.1 Å². The molecule has 0 saturated carbocycles. The molecule has 136 heavy (non-hydrogen) atoms. The van der Waals surface area contributed by atoms with Gasteiger partial charge in [0.25, 0.3) is 0 Å². The fraction of sp³-hybridized carbons (Fsp3) is 0. The molecule has 0 aliphatic rings. The Balaban J connectivity index is 0.596. The number of aromatic nitrogens is 13. The Kier molecular flexibility index (Phi) is 17.2. The van der Waals surface area contributed by atoms with E-state index in [2.05, 4.69) is 515 Å². The van der Waals surface area contributed by atoms with Crippen LogP contribution in [0.5, 0.6) is 0 Å². The predicted molar refractivity (Wildman–Crippen MR) is 564 cm³/mol. The van der Waals surface area contributed by atoms with E-state index in [9.17, 15) is 0 Å². The average molecular weight is 1770 g/mol. The van der Waals surface area contributed by atoms with Crippen LogP contribution in [0.25, 0.3) is 189 Å². The molecule has 0 N–H and O–H groups in total. The SMILES string of the molecule is c1ccc([Si](c2ccccc2)(c2ccccc2)c2ccc(-c3cc(-n4c5ccccc5c5ccccc54)nc(-n4c5ccccc5n5c6ccc(-c7ccc8nc9n(-c%10cc(-c%11ccc([Si](c%12ccccc%12)(c%12ccccc%12)c%12cccc(-n%13c%14ccccc%14c%14ccccc%14%13)c%12)cc%11)cc(-n%11c%12ccccc%12n%12c%13ccccc%13nc%11%12)n%10)c%10ccccc%10n9c8c7)cc6nc45)c3)cc2)cc1. The molecule has 0 aliphatic heterocycles. The highest BCUT2D eigenvalue weighted by Crippen LogP contribution is 2.42. The summed E-state index contributed by atoms with van der Waals surface area (Å²) in [6.45, 7) is 0. The third kappa shape index (κ3) is 11.5. The van der Waals surface area contributed by atoms with Crippen LogP contribution in [0.2, 0.25) is 0 Å². The van der Waals surface area contributed by atoms with Crippen molar-refractivity contribution in [1.82, 2.24) is 61.0 Å². The van der Waals surface area contributed by atoms with E-state index < -0.39 is 16.1 Å². The Morgan fingerprint density at radius 3 is 0.853 bits per heavy atom. The maximum Gasteiger partial charge on any atom is 0.221 e. The molecule has 10 heterocycles. The number of fused-ring (bicyclic) bond motifs is 21. The molecule has 10 aromatic heterocycles. The molecule has 0 saturated heterocycles. The first kappa shape index (κ1) is 76.9. The van der Waals surface area contributed by atoms with Crippen molar-refractivity contribution in [2.75, 3.05) is 0 Å². The van der Waals surface area contributed by atoms with E-state index in [0.29, 0.717) is 11.6 Å². The van der Waals surface area contributed by atoms with Crippen LogP contribution in [0, 0.1) is 0 Å². The molecule has 0 aliphatic carbocycles. The minimum absolute atomic E-state index is 0.701. The summed E-state index contributed by atoms with van der Waals surface area (Å²) < 4.78 is 18.4. The Morgan fingerprint density at radius 1 is 0.147 bits per heavy atom. The molecule has 15 heteroatoms. The van der Waals surface area contributed by atoms with Crippen molar-refractivity contribution in [1.29, 1.82) is 0 Å². The Morgan fingerprint density at radius 2 is 0.434 bits per heavy atom. The van der Waals surface area contributed by atoms with Gasteiger partial charge < -0.3 is 4.57 Å². The highest BCUT2D eigenvalue weighted by Gasteiger charge is 2.44. The van der Waals surface area contributed by atoms with Crippen molar-refractivity contribution in [3.05, 3.63) is 479 Å². The van der Waals surface area contributed by atoms with E-state index in [-0.39, 0.29) is 0 Å². The zero-order chi connectivity index (χ0) is 89.3. The summed E-state index contributed by atoms with van der Waals surface area (Å²) in [4.78, 5) is 28.6. The van der Waals surface area contributed by atoms with Crippen molar-refractivity contribution in [3.8, 4) is 62.3 Å². The van der Waals surface area contributed by atoms with Gasteiger partial charge in [-0.1, -0.05) is 346 Å². The molecule has 0 bridgehead atoms. The number of pyridine rings is 2. The molecule has 0 unspecified atom stereocenters. The first-order valence-corrected chi connectivity index (χ1v) is 50.3. The molecule has 636 valence electrons. The fourth-order valence-electron chi connectivity index (χ4n) is 22.5. The normalized spacial score (nSPS) is 12.3. The van der Waals surface area contributed by atoms with Gasteiger partial charge in [-0.05, 0) is 208 Å². The van der Waals surface area contributed by atoms with Gasteiger partial charge in [-0.2, -0.15) is 0 Å². The zero-order valence-corrected chi connectivity index (χ0v) is 75.4. The van der Waals surface area contributed by atoms with E-state index in [1.807, 2.05) is 0 Å². The fourth-order valence-corrected chi connectivity index (χ4v) is 32.0. The second-order valence-corrected chi connectivity index (χ2v) is 43.1. The van der Waals surface area contributed by atoms with Gasteiger partial charge in [-0.3, -0.25) is 31.5 Å². The van der Waals surface area contributed by atoms with Gasteiger partial charge in [0.15, 0.2) is 16.1 Å². The number of hydrogen-bond donors (Lipinski definition) is 0. The van der Waals surface area contributed by atoms with Crippen molar-refractivity contribution < 1.29 is 0 Å². The van der Waals surface area contributed by atoms with Gasteiger partial charge in [0.2, 0.25) is 17.3 Å². The maximum absolute atomic E-state index is 5.88. The first-order valence-electron chi connectivity index (χ1n) is 46.3. The van der Waals surface area contributed by atoms with Crippen LogP contribution in [0.15, 0.2) is 479 Å². The van der Waals surface area contributed by atoms with Crippen LogP contribution < -0.4 is 41.5 Å². The topological polar surface area (TPSA) is 102 Å². The van der Waals surface area contributed by atoms with Crippen LogP contribution in [0.4, 0.5) is 0 Å². The molecule has 0 amide bonds. The Hall–Kier alpha value is -17.9. The summed E-state index contributed by atoms with van der Waals surface area (Å²) in [7, 11) is -6.00. The molecule has 28 rings (SSSR count). The molecule has 0 fully saturated rings. The summed E-state index contributed by atoms with van der Waals surface area (Å²) in [5, 5.41) is 15.2. The summed E-state index contributed by atoms with van der Waals surface area (Å²) in [6, 6.07) is 176. The second kappa shape index (κ2) is 30.3. The van der Waals surface area contributed by atoms with Gasteiger partial charge in [0, 0.05) is 27.2 Å². The van der Waals surface area contributed by atoms with Gasteiger partial charge >= 0.3 is 0 Å². The molecule has 0 radical (unpaired) electrons. The van der Waals surface area contributed by atoms with Gasteiger partial charge in [-0.15, -0.1) is 0 Å². The van der Waals surface area contributed by atoms with Crippen LogP contribution in [-0.2, 0) is 0 Å². The van der Waals surface area contributed by atoms with Gasteiger partial charge in [0.1, 0.15) is 23.3 Å². The van der Waals surface area contributed by atoms with E-state index in [0.717, 1.165) is 156 Å². The minimum Gasteiger partial charge on any atom is -0.309 e. The lowest BCUT2D eigenvalue weighted by atomic mass is 10.0. The zero-order valence-electron chi connectivity index (χ0n) is 73.4. The highest BCUT2D eigenvalue weighted by molar-refractivity contribution is 7.20. The lowest BCUT2D eigenvalue weighted by Gasteiger charge is -2.35. The Labute approximate surface area is 781 Å². The number of imidazole rings is 6. The lowest BCUT2D eigenvalue weighted by molar-refractivity contribution is 0.983. The molecule has 13 nitrogen and oxygen atoms in total. The predicted octanol–water partition coefficient (Wildman–Crippen LogP) is 22.7. The van der Waals surface area contributed by atoms with Gasteiger partial charge in [0.05, 0.1) is 88.3 Å². The van der Waals surface area contributed by atoms with Crippen LogP contribution in [0.3, 0.4) is 0 Å². The highest BCUT2D eigenvalue weighted by atomic mass is 28.3. The van der Waals surface area contributed by atoms with E-state index in [1.54, 1.807) is 0 Å².